The van der Waals surface area contributed by atoms with E-state index in [1.165, 1.54) is 5.56 Å². The van der Waals surface area contributed by atoms with Crippen molar-refractivity contribution in [3.05, 3.63) is 59.5 Å². The van der Waals surface area contributed by atoms with Crippen LogP contribution >= 0.6 is 0 Å². The number of fused-ring (bicyclic) bond motifs is 2. The molecule has 6 heteroatoms. The Hall–Kier alpha value is -2.89. The average molecular weight is 322 g/mol. The Balaban J connectivity index is 1.46. The van der Waals surface area contributed by atoms with Gasteiger partial charge in [-0.2, -0.15) is 0 Å². The molecular weight excluding hydrogens is 304 g/mol. The lowest BCUT2D eigenvalue weighted by Crippen LogP contribution is -2.29. The van der Waals surface area contributed by atoms with E-state index in [2.05, 4.69) is 15.5 Å². The van der Waals surface area contributed by atoms with Gasteiger partial charge in [0.1, 0.15) is 5.75 Å². The predicted molar refractivity (Wildman–Crippen MR) is 88.9 cm³/mol. The van der Waals surface area contributed by atoms with Crippen LogP contribution in [0.15, 0.2) is 42.6 Å². The smallest absolute Gasteiger partial charge is 0.225 e. The second kappa shape index (κ2) is 5.96. The summed E-state index contributed by atoms with van der Waals surface area (Å²) in [5, 5.41) is 11.3. The van der Waals surface area contributed by atoms with Crippen LogP contribution in [-0.2, 0) is 17.6 Å². The van der Waals surface area contributed by atoms with Gasteiger partial charge < -0.3 is 10.1 Å². The minimum absolute atomic E-state index is 0.0480. The van der Waals surface area contributed by atoms with Crippen molar-refractivity contribution in [1.29, 1.82) is 0 Å². The number of amides is 1. The van der Waals surface area contributed by atoms with Gasteiger partial charge in [-0.25, -0.2) is 0 Å². The molecule has 0 spiro atoms. The number of nitrogens with zero attached hydrogens (tertiary/aromatic N) is 3. The first-order valence-electron chi connectivity index (χ1n) is 8.04. The summed E-state index contributed by atoms with van der Waals surface area (Å²) >= 11 is 0. The zero-order chi connectivity index (χ0) is 16.5. The molecule has 1 aliphatic heterocycles. The van der Waals surface area contributed by atoms with Gasteiger partial charge in [0.05, 0.1) is 19.1 Å². The van der Waals surface area contributed by atoms with Gasteiger partial charge in [0.2, 0.25) is 5.91 Å². The van der Waals surface area contributed by atoms with Crippen LogP contribution in [0.3, 0.4) is 0 Å². The Morgan fingerprint density at radius 1 is 1.33 bits per heavy atom. The number of pyridine rings is 1. The lowest BCUT2D eigenvalue weighted by Gasteiger charge is -2.12. The highest BCUT2D eigenvalue weighted by Gasteiger charge is 2.17. The van der Waals surface area contributed by atoms with Crippen molar-refractivity contribution >= 4 is 11.6 Å². The second-order valence-electron chi connectivity index (χ2n) is 5.99. The highest BCUT2D eigenvalue weighted by molar-refractivity contribution is 5.79. The van der Waals surface area contributed by atoms with Crippen LogP contribution in [0.2, 0.25) is 0 Å². The lowest BCUT2D eigenvalue weighted by molar-refractivity contribution is -0.121. The summed E-state index contributed by atoms with van der Waals surface area (Å²) in [5.74, 6) is 1.57. The van der Waals surface area contributed by atoms with Gasteiger partial charge in [-0.05, 0) is 36.2 Å². The molecule has 3 heterocycles. The number of hydrogen-bond donors (Lipinski definition) is 1. The van der Waals surface area contributed by atoms with Crippen molar-refractivity contribution in [3.8, 4) is 5.75 Å². The second-order valence-corrected chi connectivity index (χ2v) is 5.99. The summed E-state index contributed by atoms with van der Waals surface area (Å²) in [6.45, 7) is 2.63. The van der Waals surface area contributed by atoms with E-state index in [1.54, 1.807) is 0 Å². The van der Waals surface area contributed by atoms with Gasteiger partial charge in [0, 0.05) is 12.6 Å². The molecule has 0 radical (unpaired) electrons. The fraction of sp³-hybridized carbons (Fsp3) is 0.278. The molecule has 1 unspecified atom stereocenters. The normalized spacial score (nSPS) is 14.2. The first-order valence-corrected chi connectivity index (χ1v) is 8.04. The van der Waals surface area contributed by atoms with E-state index in [4.69, 9.17) is 4.74 Å². The molecule has 6 nitrogen and oxygen atoms in total. The zero-order valence-corrected chi connectivity index (χ0v) is 13.4. The molecule has 24 heavy (non-hydrogen) atoms. The minimum atomic E-state index is -0.222. The number of carbonyl (C=O) groups excluding carboxylic acids is 1. The van der Waals surface area contributed by atoms with Gasteiger partial charge in [-0.1, -0.05) is 18.2 Å². The summed E-state index contributed by atoms with van der Waals surface area (Å²) in [7, 11) is 0. The molecular formula is C18H18N4O2. The van der Waals surface area contributed by atoms with Crippen LogP contribution in [0, 0.1) is 0 Å². The van der Waals surface area contributed by atoms with Crippen molar-refractivity contribution in [2.45, 2.75) is 25.8 Å². The van der Waals surface area contributed by atoms with Crippen molar-refractivity contribution in [2.24, 2.45) is 0 Å². The van der Waals surface area contributed by atoms with E-state index in [1.807, 2.05) is 53.9 Å². The molecule has 0 aliphatic carbocycles. The Kier molecular flexibility index (Phi) is 3.65. The zero-order valence-electron chi connectivity index (χ0n) is 13.4. The van der Waals surface area contributed by atoms with Crippen LogP contribution in [-0.4, -0.2) is 27.1 Å². The molecule has 1 aromatic carbocycles. The van der Waals surface area contributed by atoms with Crippen molar-refractivity contribution in [3.63, 3.8) is 0 Å². The molecule has 1 N–H and O–H groups in total. The number of hydrogen-bond acceptors (Lipinski definition) is 4. The van der Waals surface area contributed by atoms with Gasteiger partial charge in [0.25, 0.3) is 0 Å². The number of ether oxygens (including phenoxy) is 1. The third kappa shape index (κ3) is 2.71. The van der Waals surface area contributed by atoms with Crippen molar-refractivity contribution < 1.29 is 9.53 Å². The van der Waals surface area contributed by atoms with E-state index >= 15 is 0 Å². The highest BCUT2D eigenvalue weighted by atomic mass is 16.5. The molecule has 1 aliphatic rings. The van der Waals surface area contributed by atoms with Crippen LogP contribution in [0.4, 0.5) is 0 Å². The van der Waals surface area contributed by atoms with Crippen LogP contribution in [0.1, 0.15) is 29.9 Å². The van der Waals surface area contributed by atoms with Gasteiger partial charge in [-0.3, -0.25) is 9.20 Å². The number of carbonyl (C=O) groups is 1. The molecule has 2 aromatic heterocycles. The Bertz CT molecular complexity index is 903. The minimum Gasteiger partial charge on any atom is -0.493 e. The fourth-order valence-corrected chi connectivity index (χ4v) is 3.02. The molecule has 0 fully saturated rings. The van der Waals surface area contributed by atoms with Crippen LogP contribution in [0.5, 0.6) is 5.75 Å². The maximum absolute atomic E-state index is 12.3. The summed E-state index contributed by atoms with van der Waals surface area (Å²) in [6, 6.07) is 11.5. The van der Waals surface area contributed by atoms with E-state index < -0.39 is 0 Å². The number of aromatic nitrogens is 3. The molecule has 1 atom stereocenters. The van der Waals surface area contributed by atoms with E-state index in [0.717, 1.165) is 35.8 Å². The summed E-state index contributed by atoms with van der Waals surface area (Å²) in [6.07, 6.45) is 3.15. The SMILES string of the molecule is CC(NC(=O)Cc1ccc2c(c1)OCC2)c1nnc2ccccn12. The Morgan fingerprint density at radius 2 is 2.25 bits per heavy atom. The third-order valence-corrected chi connectivity index (χ3v) is 4.23. The standard InChI is InChI=1S/C18H18N4O2/c1-12(18-21-20-16-4-2-3-8-22(16)18)19-17(23)11-13-5-6-14-7-9-24-15(14)10-13/h2-6,8,10,12H,7,9,11H2,1H3,(H,19,23). The summed E-state index contributed by atoms with van der Waals surface area (Å²) < 4.78 is 7.44. The first-order chi connectivity index (χ1) is 11.7. The number of nitrogens with one attached hydrogen (secondary N) is 1. The molecule has 1 amide bonds. The van der Waals surface area contributed by atoms with E-state index in [0.29, 0.717) is 6.42 Å². The van der Waals surface area contributed by atoms with Gasteiger partial charge in [-0.15, -0.1) is 10.2 Å². The fourth-order valence-electron chi connectivity index (χ4n) is 3.02. The summed E-state index contributed by atoms with van der Waals surface area (Å²) in [4.78, 5) is 12.3. The van der Waals surface area contributed by atoms with Crippen molar-refractivity contribution in [2.75, 3.05) is 6.61 Å². The molecule has 3 aromatic rings. The monoisotopic (exact) mass is 322 g/mol. The van der Waals surface area contributed by atoms with Crippen LogP contribution in [0.25, 0.3) is 5.65 Å². The third-order valence-electron chi connectivity index (χ3n) is 4.23. The Morgan fingerprint density at radius 3 is 3.17 bits per heavy atom. The summed E-state index contributed by atoms with van der Waals surface area (Å²) in [5.41, 5.74) is 2.93. The van der Waals surface area contributed by atoms with Crippen molar-refractivity contribution in [1.82, 2.24) is 19.9 Å². The Labute approximate surface area is 139 Å². The van der Waals surface area contributed by atoms with E-state index in [9.17, 15) is 4.79 Å². The van der Waals surface area contributed by atoms with Gasteiger partial charge in [0.15, 0.2) is 11.5 Å². The molecule has 0 saturated heterocycles. The lowest BCUT2D eigenvalue weighted by atomic mass is 10.1. The molecule has 122 valence electrons. The first kappa shape index (κ1) is 14.7. The molecule has 0 bridgehead atoms. The number of benzene rings is 1. The maximum Gasteiger partial charge on any atom is 0.225 e. The largest absolute Gasteiger partial charge is 0.493 e. The van der Waals surface area contributed by atoms with Gasteiger partial charge >= 0.3 is 0 Å². The number of rotatable bonds is 4. The molecule has 4 rings (SSSR count). The quantitative estimate of drug-likeness (QED) is 0.798. The van der Waals surface area contributed by atoms with E-state index in [-0.39, 0.29) is 11.9 Å². The predicted octanol–water partition coefficient (Wildman–Crippen LogP) is 2.08. The average Bonchev–Trinajstić information content (AvgIpc) is 3.20. The highest BCUT2D eigenvalue weighted by Crippen LogP contribution is 2.26. The maximum atomic E-state index is 12.3. The molecule has 0 saturated carbocycles. The van der Waals surface area contributed by atoms with Crippen LogP contribution < -0.4 is 10.1 Å². The topological polar surface area (TPSA) is 68.5 Å².